The van der Waals surface area contributed by atoms with Crippen LogP contribution in [0.15, 0.2) is 66.7 Å². The fourth-order valence-electron chi connectivity index (χ4n) is 3.82. The van der Waals surface area contributed by atoms with Crippen LogP contribution in [0.2, 0.25) is 0 Å². The minimum Gasteiger partial charge on any atom is -0.481 e. The first-order valence-corrected chi connectivity index (χ1v) is 10.2. The lowest BCUT2D eigenvalue weighted by molar-refractivity contribution is -0.138. The molecule has 0 spiro atoms. The van der Waals surface area contributed by atoms with E-state index < -0.39 is 17.8 Å². The van der Waals surface area contributed by atoms with Crippen molar-refractivity contribution < 1.29 is 22.7 Å². The van der Waals surface area contributed by atoms with Crippen LogP contribution in [0.5, 0.6) is 5.75 Å². The van der Waals surface area contributed by atoms with Crippen LogP contribution in [0.4, 0.5) is 18.9 Å². The Morgan fingerprint density at radius 3 is 2.32 bits per heavy atom. The number of nitrogens with zero attached hydrogens (tertiary/aromatic N) is 2. The van der Waals surface area contributed by atoms with Crippen molar-refractivity contribution in [2.45, 2.75) is 19.2 Å². The van der Waals surface area contributed by atoms with Gasteiger partial charge in [-0.2, -0.15) is 13.2 Å². The minimum atomic E-state index is -4.37. The number of anilines is 1. The molecule has 7 heteroatoms. The number of amides is 1. The normalized spacial score (nSPS) is 15.7. The largest absolute Gasteiger partial charge is 0.481 e. The Kier molecular flexibility index (Phi) is 5.76. The van der Waals surface area contributed by atoms with Gasteiger partial charge in [-0.05, 0) is 48.0 Å². The number of carbonyl (C=O) groups excluding carboxylic acids is 1. The average molecular weight is 428 g/mol. The molecular formula is C24H23F3N2O2. The molecule has 1 atom stereocenters. The first kappa shape index (κ1) is 21.0. The zero-order chi connectivity index (χ0) is 22.0. The van der Waals surface area contributed by atoms with Crippen molar-refractivity contribution in [3.63, 3.8) is 0 Å². The molecule has 0 radical (unpaired) electrons. The third-order valence-corrected chi connectivity index (χ3v) is 5.51. The Hall–Kier alpha value is -3.22. The molecule has 3 aromatic carbocycles. The summed E-state index contributed by atoms with van der Waals surface area (Å²) >= 11 is 0. The Bertz CT molecular complexity index is 1080. The van der Waals surface area contributed by atoms with Gasteiger partial charge in [0.1, 0.15) is 5.75 Å². The summed E-state index contributed by atoms with van der Waals surface area (Å²) in [7, 11) is 0. The predicted molar refractivity (Wildman–Crippen MR) is 114 cm³/mol. The van der Waals surface area contributed by atoms with E-state index in [1.54, 1.807) is 17.9 Å². The highest BCUT2D eigenvalue weighted by Crippen LogP contribution is 2.32. The van der Waals surface area contributed by atoms with Crippen LogP contribution in [0, 0.1) is 0 Å². The van der Waals surface area contributed by atoms with Gasteiger partial charge in [-0.15, -0.1) is 0 Å². The van der Waals surface area contributed by atoms with Gasteiger partial charge in [0, 0.05) is 31.9 Å². The van der Waals surface area contributed by atoms with Crippen molar-refractivity contribution in [2.75, 3.05) is 31.1 Å². The van der Waals surface area contributed by atoms with Gasteiger partial charge in [0.2, 0.25) is 0 Å². The number of hydrogen-bond acceptors (Lipinski definition) is 3. The molecule has 0 aliphatic carbocycles. The molecule has 0 unspecified atom stereocenters. The average Bonchev–Trinajstić information content (AvgIpc) is 2.78. The first-order chi connectivity index (χ1) is 14.8. The van der Waals surface area contributed by atoms with E-state index in [0.29, 0.717) is 37.6 Å². The molecule has 0 aromatic heterocycles. The lowest BCUT2D eigenvalue weighted by Crippen LogP contribution is -2.52. The monoisotopic (exact) mass is 428 g/mol. The van der Waals surface area contributed by atoms with Crippen LogP contribution in [0.25, 0.3) is 10.8 Å². The number of piperazine rings is 1. The van der Waals surface area contributed by atoms with Gasteiger partial charge < -0.3 is 14.5 Å². The van der Waals surface area contributed by atoms with Gasteiger partial charge in [-0.3, -0.25) is 4.79 Å². The van der Waals surface area contributed by atoms with E-state index >= 15 is 0 Å². The highest BCUT2D eigenvalue weighted by Gasteiger charge is 2.31. The number of halogens is 3. The van der Waals surface area contributed by atoms with Crippen LogP contribution in [0.1, 0.15) is 12.5 Å². The fourth-order valence-corrected chi connectivity index (χ4v) is 3.82. The number of hydrogen-bond donors (Lipinski definition) is 0. The van der Waals surface area contributed by atoms with Crippen molar-refractivity contribution in [1.29, 1.82) is 0 Å². The van der Waals surface area contributed by atoms with Crippen LogP contribution in [0.3, 0.4) is 0 Å². The summed E-state index contributed by atoms with van der Waals surface area (Å²) in [4.78, 5) is 16.4. The molecular weight excluding hydrogens is 405 g/mol. The smallest absolute Gasteiger partial charge is 0.416 e. The maximum atomic E-state index is 13.0. The second kappa shape index (κ2) is 8.49. The fraction of sp³-hybridized carbons (Fsp3) is 0.292. The molecule has 0 bridgehead atoms. The zero-order valence-electron chi connectivity index (χ0n) is 17.1. The van der Waals surface area contributed by atoms with Crippen molar-refractivity contribution >= 4 is 22.4 Å². The molecule has 1 fully saturated rings. The number of alkyl halides is 3. The van der Waals surface area contributed by atoms with E-state index in [1.165, 1.54) is 6.07 Å². The summed E-state index contributed by atoms with van der Waals surface area (Å²) in [6, 6.07) is 18.9. The molecule has 4 rings (SSSR count). The SMILES string of the molecule is C[C@H](Oc1ccc2ccccc2c1)C(=O)N1CCN(c2cccc(C(F)(F)F)c2)CC1. The second-order valence-corrected chi connectivity index (χ2v) is 7.63. The molecule has 1 heterocycles. The Labute approximate surface area is 178 Å². The Balaban J connectivity index is 1.36. The summed E-state index contributed by atoms with van der Waals surface area (Å²) in [5.74, 6) is 0.499. The number of benzene rings is 3. The number of fused-ring (bicyclic) bond motifs is 1. The molecule has 1 amide bonds. The van der Waals surface area contributed by atoms with Crippen molar-refractivity contribution in [3.8, 4) is 5.75 Å². The maximum Gasteiger partial charge on any atom is 0.416 e. The maximum absolute atomic E-state index is 13.0. The standard InChI is InChI=1S/C24H23F3N2O2/c1-17(31-22-10-9-18-5-2-3-6-19(18)15-22)23(30)29-13-11-28(12-14-29)21-8-4-7-20(16-21)24(25,26)27/h2-10,15-17H,11-14H2,1H3/t17-/m0/s1. The Morgan fingerprint density at radius 1 is 0.903 bits per heavy atom. The van der Waals surface area contributed by atoms with E-state index in [4.69, 9.17) is 4.74 Å². The highest BCUT2D eigenvalue weighted by atomic mass is 19.4. The van der Waals surface area contributed by atoms with Gasteiger partial charge in [0.15, 0.2) is 6.10 Å². The Morgan fingerprint density at radius 2 is 1.61 bits per heavy atom. The third-order valence-electron chi connectivity index (χ3n) is 5.51. The molecule has 3 aromatic rings. The molecule has 0 saturated carbocycles. The summed E-state index contributed by atoms with van der Waals surface area (Å²) in [5.41, 5.74) is -0.150. The van der Waals surface area contributed by atoms with E-state index in [0.717, 1.165) is 22.9 Å². The number of rotatable bonds is 4. The van der Waals surface area contributed by atoms with Gasteiger partial charge in [-0.1, -0.05) is 36.4 Å². The zero-order valence-corrected chi connectivity index (χ0v) is 17.1. The summed E-state index contributed by atoms with van der Waals surface area (Å²) in [6.07, 6.45) is -5.02. The summed E-state index contributed by atoms with van der Waals surface area (Å²) in [5, 5.41) is 2.13. The van der Waals surface area contributed by atoms with E-state index in [2.05, 4.69) is 0 Å². The van der Waals surface area contributed by atoms with Crippen LogP contribution < -0.4 is 9.64 Å². The van der Waals surface area contributed by atoms with Crippen molar-refractivity contribution in [1.82, 2.24) is 4.90 Å². The molecule has 0 N–H and O–H groups in total. The van der Waals surface area contributed by atoms with E-state index in [1.807, 2.05) is 47.4 Å². The first-order valence-electron chi connectivity index (χ1n) is 10.2. The van der Waals surface area contributed by atoms with Gasteiger partial charge in [0.05, 0.1) is 5.56 Å². The van der Waals surface area contributed by atoms with Gasteiger partial charge in [-0.25, -0.2) is 0 Å². The van der Waals surface area contributed by atoms with Gasteiger partial charge >= 0.3 is 6.18 Å². The third kappa shape index (κ3) is 4.76. The van der Waals surface area contributed by atoms with Crippen molar-refractivity contribution in [2.24, 2.45) is 0 Å². The molecule has 4 nitrogen and oxygen atoms in total. The second-order valence-electron chi connectivity index (χ2n) is 7.63. The van der Waals surface area contributed by atoms with E-state index in [-0.39, 0.29) is 5.91 Å². The molecule has 1 aliphatic heterocycles. The lowest BCUT2D eigenvalue weighted by Gasteiger charge is -2.37. The van der Waals surface area contributed by atoms with Crippen molar-refractivity contribution in [3.05, 3.63) is 72.3 Å². The topological polar surface area (TPSA) is 32.8 Å². The molecule has 1 saturated heterocycles. The summed E-state index contributed by atoms with van der Waals surface area (Å²) < 4.78 is 44.8. The van der Waals surface area contributed by atoms with Gasteiger partial charge in [0.25, 0.3) is 5.91 Å². The predicted octanol–water partition coefficient (Wildman–Crippen LogP) is 4.97. The van der Waals surface area contributed by atoms with Crippen LogP contribution in [-0.2, 0) is 11.0 Å². The minimum absolute atomic E-state index is 0.128. The quantitative estimate of drug-likeness (QED) is 0.588. The molecule has 31 heavy (non-hydrogen) atoms. The van der Waals surface area contributed by atoms with Crippen LogP contribution >= 0.6 is 0 Å². The lowest BCUT2D eigenvalue weighted by atomic mass is 10.1. The highest BCUT2D eigenvalue weighted by molar-refractivity contribution is 5.84. The molecule has 1 aliphatic rings. The van der Waals surface area contributed by atoms with E-state index in [9.17, 15) is 18.0 Å². The molecule has 162 valence electrons. The number of ether oxygens (including phenoxy) is 1. The number of carbonyl (C=O) groups is 1. The summed E-state index contributed by atoms with van der Waals surface area (Å²) in [6.45, 7) is 3.52. The van der Waals surface area contributed by atoms with Crippen LogP contribution in [-0.4, -0.2) is 43.1 Å².